The molecule has 1 heterocycles. The summed E-state index contributed by atoms with van der Waals surface area (Å²) in [5, 5.41) is 0. The van der Waals surface area contributed by atoms with Gasteiger partial charge in [0.1, 0.15) is 0 Å². The normalized spacial score (nSPS) is 34.3. The zero-order valence-corrected chi connectivity index (χ0v) is 10.9. The van der Waals surface area contributed by atoms with Gasteiger partial charge in [0.15, 0.2) is 0 Å². The third-order valence-electron chi connectivity index (χ3n) is 4.97. The Morgan fingerprint density at radius 1 is 1.12 bits per heavy atom. The lowest BCUT2D eigenvalue weighted by molar-refractivity contribution is 0.0688. The maximum Gasteiger partial charge on any atom is 0.0109 e. The van der Waals surface area contributed by atoms with Gasteiger partial charge in [-0.25, -0.2) is 0 Å². The van der Waals surface area contributed by atoms with Crippen molar-refractivity contribution in [3.05, 3.63) is 35.9 Å². The predicted octanol–water partition coefficient (Wildman–Crippen LogP) is 3.45. The first-order valence-electron chi connectivity index (χ1n) is 7.05. The van der Waals surface area contributed by atoms with Crippen LogP contribution in [0.1, 0.15) is 37.7 Å². The smallest absolute Gasteiger partial charge is 0.0109 e. The summed E-state index contributed by atoms with van der Waals surface area (Å²) in [5.41, 5.74) is 2.06. The second-order valence-corrected chi connectivity index (χ2v) is 5.99. The van der Waals surface area contributed by atoms with Crippen molar-refractivity contribution in [2.24, 2.45) is 5.92 Å². The van der Waals surface area contributed by atoms with Crippen LogP contribution in [0.4, 0.5) is 0 Å². The van der Waals surface area contributed by atoms with Crippen LogP contribution in [0, 0.1) is 5.92 Å². The van der Waals surface area contributed by atoms with Gasteiger partial charge < -0.3 is 4.90 Å². The number of piperidine rings is 1. The van der Waals surface area contributed by atoms with E-state index in [0.717, 1.165) is 5.92 Å². The van der Waals surface area contributed by atoms with Crippen LogP contribution in [0.5, 0.6) is 0 Å². The molecule has 1 aromatic carbocycles. The van der Waals surface area contributed by atoms with Crippen LogP contribution in [0.2, 0.25) is 0 Å². The van der Waals surface area contributed by atoms with E-state index >= 15 is 0 Å². The van der Waals surface area contributed by atoms with Crippen molar-refractivity contribution in [1.29, 1.82) is 0 Å². The van der Waals surface area contributed by atoms with Crippen LogP contribution < -0.4 is 0 Å². The van der Waals surface area contributed by atoms with Gasteiger partial charge in [-0.15, -0.1) is 0 Å². The lowest BCUT2D eigenvalue weighted by atomic mass is 9.60. The number of likely N-dealkylation sites (tertiary alicyclic amines) is 1. The summed E-state index contributed by atoms with van der Waals surface area (Å²) in [6.07, 6.45) is 7.10. The largest absolute Gasteiger partial charge is 0.305 e. The van der Waals surface area contributed by atoms with Crippen LogP contribution in [-0.4, -0.2) is 25.0 Å². The number of nitrogens with zero attached hydrogens (tertiary/aromatic N) is 1. The number of fused-ring (bicyclic) bond motifs is 1. The Labute approximate surface area is 105 Å². The van der Waals surface area contributed by atoms with E-state index < -0.39 is 0 Å². The van der Waals surface area contributed by atoms with Crippen molar-refractivity contribution in [3.63, 3.8) is 0 Å². The molecule has 0 amide bonds. The van der Waals surface area contributed by atoms with Gasteiger partial charge in [-0.1, -0.05) is 43.2 Å². The van der Waals surface area contributed by atoms with Gasteiger partial charge >= 0.3 is 0 Å². The molecule has 2 atom stereocenters. The molecule has 92 valence electrons. The monoisotopic (exact) mass is 229 g/mol. The molecule has 1 aromatic rings. The maximum atomic E-state index is 2.54. The van der Waals surface area contributed by atoms with E-state index in [-0.39, 0.29) is 0 Å². The van der Waals surface area contributed by atoms with E-state index in [1.54, 1.807) is 5.56 Å². The molecule has 3 rings (SSSR count). The molecule has 0 spiro atoms. The van der Waals surface area contributed by atoms with Gasteiger partial charge in [0, 0.05) is 12.0 Å². The van der Waals surface area contributed by atoms with Crippen molar-refractivity contribution >= 4 is 0 Å². The quantitative estimate of drug-likeness (QED) is 0.713. The van der Waals surface area contributed by atoms with E-state index in [0.29, 0.717) is 5.41 Å². The summed E-state index contributed by atoms with van der Waals surface area (Å²) in [4.78, 5) is 2.54. The van der Waals surface area contributed by atoms with Crippen LogP contribution in [0.25, 0.3) is 0 Å². The second kappa shape index (κ2) is 4.45. The molecule has 17 heavy (non-hydrogen) atoms. The van der Waals surface area contributed by atoms with Crippen LogP contribution in [-0.2, 0) is 5.41 Å². The average molecular weight is 229 g/mol. The van der Waals surface area contributed by atoms with Gasteiger partial charge in [0.25, 0.3) is 0 Å². The topological polar surface area (TPSA) is 3.24 Å². The summed E-state index contributed by atoms with van der Waals surface area (Å²) in [5.74, 6) is 0.926. The molecule has 0 radical (unpaired) electrons. The summed E-state index contributed by atoms with van der Waals surface area (Å²) in [7, 11) is 2.29. The number of hydrogen-bond donors (Lipinski definition) is 0. The van der Waals surface area contributed by atoms with Gasteiger partial charge in [0.2, 0.25) is 0 Å². The first-order chi connectivity index (χ1) is 8.31. The SMILES string of the molecule is CN1CCC2CCCCC2(c2ccccc2)C1. The van der Waals surface area contributed by atoms with Gasteiger partial charge in [-0.2, -0.15) is 0 Å². The molecule has 1 aliphatic carbocycles. The molecule has 1 saturated heterocycles. The lowest BCUT2D eigenvalue weighted by Crippen LogP contribution is -2.51. The zero-order chi connectivity index (χ0) is 11.7. The Morgan fingerprint density at radius 3 is 2.76 bits per heavy atom. The van der Waals surface area contributed by atoms with Crippen molar-refractivity contribution in [3.8, 4) is 0 Å². The Bertz CT molecular complexity index is 372. The summed E-state index contributed by atoms with van der Waals surface area (Å²) < 4.78 is 0. The Morgan fingerprint density at radius 2 is 1.94 bits per heavy atom. The lowest BCUT2D eigenvalue weighted by Gasteiger charge is -2.51. The fraction of sp³-hybridized carbons (Fsp3) is 0.625. The van der Waals surface area contributed by atoms with Crippen LogP contribution >= 0.6 is 0 Å². The highest BCUT2D eigenvalue weighted by atomic mass is 15.1. The van der Waals surface area contributed by atoms with Crippen LogP contribution in [0.15, 0.2) is 30.3 Å². The highest BCUT2D eigenvalue weighted by Gasteiger charge is 2.44. The van der Waals surface area contributed by atoms with Crippen molar-refractivity contribution in [2.45, 2.75) is 37.5 Å². The molecular weight excluding hydrogens is 206 g/mol. The Balaban J connectivity index is 1.99. The van der Waals surface area contributed by atoms with Gasteiger partial charge in [0.05, 0.1) is 0 Å². The molecule has 1 aliphatic heterocycles. The molecule has 1 saturated carbocycles. The number of benzene rings is 1. The second-order valence-electron chi connectivity index (χ2n) is 5.99. The molecule has 2 aliphatic rings. The van der Waals surface area contributed by atoms with E-state index in [4.69, 9.17) is 0 Å². The highest BCUT2D eigenvalue weighted by Crippen LogP contribution is 2.47. The highest BCUT2D eigenvalue weighted by molar-refractivity contribution is 5.28. The fourth-order valence-corrected chi connectivity index (χ4v) is 4.12. The van der Waals surface area contributed by atoms with Crippen molar-refractivity contribution < 1.29 is 0 Å². The average Bonchev–Trinajstić information content (AvgIpc) is 2.39. The number of rotatable bonds is 1. The number of hydrogen-bond acceptors (Lipinski definition) is 1. The minimum Gasteiger partial charge on any atom is -0.305 e. The molecule has 1 heteroatoms. The standard InChI is InChI=1S/C16H23N/c1-17-12-10-15-9-5-6-11-16(15,13-17)14-7-3-2-4-8-14/h2-4,7-8,15H,5-6,9-13H2,1H3. The van der Waals surface area contributed by atoms with E-state index in [2.05, 4.69) is 42.3 Å². The Kier molecular flexibility index (Phi) is 2.96. The minimum atomic E-state index is 0.465. The fourth-order valence-electron chi connectivity index (χ4n) is 4.12. The summed E-state index contributed by atoms with van der Waals surface area (Å²) in [6.45, 7) is 2.56. The van der Waals surface area contributed by atoms with Gasteiger partial charge in [-0.3, -0.25) is 0 Å². The van der Waals surface area contributed by atoms with E-state index in [9.17, 15) is 0 Å². The summed E-state index contributed by atoms with van der Waals surface area (Å²) in [6, 6.07) is 11.3. The molecular formula is C16H23N. The van der Waals surface area contributed by atoms with Crippen molar-refractivity contribution in [1.82, 2.24) is 4.90 Å². The summed E-state index contributed by atoms with van der Waals surface area (Å²) >= 11 is 0. The maximum absolute atomic E-state index is 2.54. The van der Waals surface area contributed by atoms with E-state index in [1.165, 1.54) is 45.2 Å². The molecule has 0 bridgehead atoms. The van der Waals surface area contributed by atoms with E-state index in [1.807, 2.05) is 0 Å². The zero-order valence-electron chi connectivity index (χ0n) is 10.9. The van der Waals surface area contributed by atoms with Gasteiger partial charge in [-0.05, 0) is 44.3 Å². The first kappa shape index (κ1) is 11.3. The third-order valence-corrected chi connectivity index (χ3v) is 4.97. The Hall–Kier alpha value is -0.820. The first-order valence-corrected chi connectivity index (χ1v) is 7.05. The molecule has 2 fully saturated rings. The minimum absolute atomic E-state index is 0.465. The van der Waals surface area contributed by atoms with Crippen LogP contribution in [0.3, 0.4) is 0 Å². The number of likely N-dealkylation sites (N-methyl/N-ethyl adjacent to an activating group) is 1. The predicted molar refractivity (Wildman–Crippen MR) is 72.2 cm³/mol. The third kappa shape index (κ3) is 1.91. The van der Waals surface area contributed by atoms with Crippen molar-refractivity contribution in [2.75, 3.05) is 20.1 Å². The molecule has 0 aromatic heterocycles. The molecule has 1 nitrogen and oxygen atoms in total. The molecule has 2 unspecified atom stereocenters. The molecule has 0 N–H and O–H groups in total.